The molecule has 84 valence electrons. The highest BCUT2D eigenvalue weighted by Crippen LogP contribution is 2.19. The van der Waals surface area contributed by atoms with E-state index in [4.69, 9.17) is 10.2 Å². The van der Waals surface area contributed by atoms with Gasteiger partial charge in [0.2, 0.25) is 0 Å². The first-order chi connectivity index (χ1) is 7.49. The molecule has 0 aromatic heterocycles. The van der Waals surface area contributed by atoms with Crippen LogP contribution in [-0.4, -0.2) is 22.2 Å². The van der Waals surface area contributed by atoms with Gasteiger partial charge in [0.25, 0.3) is 0 Å². The summed E-state index contributed by atoms with van der Waals surface area (Å²) in [5.74, 6) is -2.23. The topological polar surface area (TPSA) is 74.6 Å². The molecule has 0 saturated heterocycles. The summed E-state index contributed by atoms with van der Waals surface area (Å²) in [6, 6.07) is 2.94. The van der Waals surface area contributed by atoms with Crippen molar-refractivity contribution in [2.45, 2.75) is 13.3 Å². The molecule has 0 aliphatic carbocycles. The number of rotatable bonds is 4. The molecule has 1 aromatic carbocycles. The summed E-state index contributed by atoms with van der Waals surface area (Å²) in [6.07, 6.45) is 1.99. The van der Waals surface area contributed by atoms with E-state index in [2.05, 4.69) is 6.58 Å². The molecule has 0 saturated carbocycles. The van der Waals surface area contributed by atoms with Crippen molar-refractivity contribution in [3.63, 3.8) is 0 Å². The Morgan fingerprint density at radius 1 is 1.31 bits per heavy atom. The van der Waals surface area contributed by atoms with E-state index in [1.165, 1.54) is 19.1 Å². The molecule has 0 atom stereocenters. The van der Waals surface area contributed by atoms with Gasteiger partial charge >= 0.3 is 11.9 Å². The van der Waals surface area contributed by atoms with Crippen molar-refractivity contribution in [2.75, 3.05) is 0 Å². The number of hydrogen-bond donors (Lipinski definition) is 2. The Labute approximate surface area is 92.8 Å². The SMILES string of the molecule is C=CCc1ccc(C(=O)O)c(C)c1C(=O)O. The van der Waals surface area contributed by atoms with Gasteiger partial charge in [-0.05, 0) is 30.5 Å². The van der Waals surface area contributed by atoms with Gasteiger partial charge in [-0.3, -0.25) is 0 Å². The van der Waals surface area contributed by atoms with Gasteiger partial charge in [0.05, 0.1) is 11.1 Å². The molecule has 0 spiro atoms. The van der Waals surface area contributed by atoms with Crippen LogP contribution in [0.15, 0.2) is 24.8 Å². The van der Waals surface area contributed by atoms with Crippen LogP contribution in [-0.2, 0) is 6.42 Å². The first kappa shape index (κ1) is 12.0. The zero-order chi connectivity index (χ0) is 12.3. The van der Waals surface area contributed by atoms with Crippen LogP contribution < -0.4 is 0 Å². The normalized spacial score (nSPS) is 9.81. The molecular formula is C12H12O4. The molecule has 0 unspecified atom stereocenters. The molecule has 16 heavy (non-hydrogen) atoms. The van der Waals surface area contributed by atoms with E-state index in [-0.39, 0.29) is 16.7 Å². The lowest BCUT2D eigenvalue weighted by molar-refractivity contribution is 0.0695. The summed E-state index contributed by atoms with van der Waals surface area (Å²) in [4.78, 5) is 21.9. The average molecular weight is 220 g/mol. The number of hydrogen-bond acceptors (Lipinski definition) is 2. The van der Waals surface area contributed by atoms with Crippen LogP contribution in [0, 0.1) is 6.92 Å². The molecule has 0 aliphatic rings. The van der Waals surface area contributed by atoms with Crippen molar-refractivity contribution in [2.24, 2.45) is 0 Å². The Morgan fingerprint density at radius 2 is 1.94 bits per heavy atom. The molecule has 4 heteroatoms. The van der Waals surface area contributed by atoms with Crippen LogP contribution >= 0.6 is 0 Å². The van der Waals surface area contributed by atoms with Gasteiger partial charge in [0.15, 0.2) is 0 Å². The lowest BCUT2D eigenvalue weighted by Gasteiger charge is -2.09. The summed E-state index contributed by atoms with van der Waals surface area (Å²) in [6.45, 7) is 5.03. The van der Waals surface area contributed by atoms with Gasteiger partial charge in [-0.25, -0.2) is 9.59 Å². The number of carboxylic acid groups (broad SMARTS) is 2. The number of carboxylic acids is 2. The van der Waals surface area contributed by atoms with Crippen LogP contribution in [0.3, 0.4) is 0 Å². The number of aromatic carboxylic acids is 2. The zero-order valence-electron chi connectivity index (χ0n) is 8.86. The van der Waals surface area contributed by atoms with Gasteiger partial charge in [0, 0.05) is 0 Å². The maximum absolute atomic E-state index is 11.1. The molecule has 0 aliphatic heterocycles. The fourth-order valence-corrected chi connectivity index (χ4v) is 1.62. The first-order valence-corrected chi connectivity index (χ1v) is 4.69. The second-order valence-electron chi connectivity index (χ2n) is 3.38. The molecular weight excluding hydrogens is 208 g/mol. The Hall–Kier alpha value is -2.10. The van der Waals surface area contributed by atoms with Crippen molar-refractivity contribution in [1.82, 2.24) is 0 Å². The minimum absolute atomic E-state index is 0.0187. The molecule has 0 fully saturated rings. The monoisotopic (exact) mass is 220 g/mol. The van der Waals surface area contributed by atoms with E-state index in [9.17, 15) is 9.59 Å². The van der Waals surface area contributed by atoms with Crippen LogP contribution in [0.1, 0.15) is 31.8 Å². The Bertz CT molecular complexity index is 460. The van der Waals surface area contributed by atoms with Crippen molar-refractivity contribution < 1.29 is 19.8 Å². The van der Waals surface area contributed by atoms with Gasteiger partial charge < -0.3 is 10.2 Å². The van der Waals surface area contributed by atoms with Gasteiger partial charge in [-0.2, -0.15) is 0 Å². The fourth-order valence-electron chi connectivity index (χ4n) is 1.62. The lowest BCUT2D eigenvalue weighted by atomic mass is 9.95. The molecule has 0 bridgehead atoms. The molecule has 0 heterocycles. The minimum atomic E-state index is -1.12. The number of allylic oxidation sites excluding steroid dienone is 1. The largest absolute Gasteiger partial charge is 0.478 e. The maximum atomic E-state index is 11.1. The third kappa shape index (κ3) is 2.11. The molecule has 0 amide bonds. The van der Waals surface area contributed by atoms with Crippen LogP contribution in [0.25, 0.3) is 0 Å². The number of benzene rings is 1. The van der Waals surface area contributed by atoms with Crippen LogP contribution in [0.4, 0.5) is 0 Å². The van der Waals surface area contributed by atoms with E-state index in [1.54, 1.807) is 6.08 Å². The Balaban J connectivity index is 3.47. The van der Waals surface area contributed by atoms with E-state index in [0.717, 1.165) is 0 Å². The predicted octanol–water partition coefficient (Wildman–Crippen LogP) is 2.12. The summed E-state index contributed by atoms with van der Waals surface area (Å²) in [7, 11) is 0. The van der Waals surface area contributed by atoms with E-state index in [1.807, 2.05) is 0 Å². The molecule has 2 N–H and O–H groups in total. The number of carbonyl (C=O) groups is 2. The third-order valence-electron chi connectivity index (χ3n) is 2.36. The standard InChI is InChI=1S/C12H12O4/c1-3-4-8-5-6-9(11(13)14)7(2)10(8)12(15)16/h3,5-6H,1,4H2,2H3,(H,13,14)(H,15,16). The molecule has 0 radical (unpaired) electrons. The van der Waals surface area contributed by atoms with Crippen LogP contribution in [0.5, 0.6) is 0 Å². The van der Waals surface area contributed by atoms with Crippen LogP contribution in [0.2, 0.25) is 0 Å². The second kappa shape index (κ2) is 4.61. The Morgan fingerprint density at radius 3 is 2.38 bits per heavy atom. The summed E-state index contributed by atoms with van der Waals surface area (Å²) in [5.41, 5.74) is 0.925. The summed E-state index contributed by atoms with van der Waals surface area (Å²) in [5, 5.41) is 17.9. The van der Waals surface area contributed by atoms with Gasteiger partial charge in [0.1, 0.15) is 0 Å². The quantitative estimate of drug-likeness (QED) is 0.762. The average Bonchev–Trinajstić information content (AvgIpc) is 2.17. The Kier molecular flexibility index (Phi) is 3.45. The van der Waals surface area contributed by atoms with Crippen molar-refractivity contribution in [1.29, 1.82) is 0 Å². The van der Waals surface area contributed by atoms with Gasteiger partial charge in [-0.15, -0.1) is 6.58 Å². The van der Waals surface area contributed by atoms with E-state index >= 15 is 0 Å². The molecule has 1 aromatic rings. The van der Waals surface area contributed by atoms with Gasteiger partial charge in [-0.1, -0.05) is 12.1 Å². The molecule has 4 nitrogen and oxygen atoms in total. The zero-order valence-corrected chi connectivity index (χ0v) is 8.86. The lowest BCUT2D eigenvalue weighted by Crippen LogP contribution is -2.10. The second-order valence-corrected chi connectivity index (χ2v) is 3.38. The highest BCUT2D eigenvalue weighted by molar-refractivity contribution is 5.97. The predicted molar refractivity (Wildman–Crippen MR) is 59.0 cm³/mol. The van der Waals surface area contributed by atoms with E-state index in [0.29, 0.717) is 12.0 Å². The highest BCUT2D eigenvalue weighted by atomic mass is 16.4. The minimum Gasteiger partial charge on any atom is -0.478 e. The summed E-state index contributed by atoms with van der Waals surface area (Å²) >= 11 is 0. The van der Waals surface area contributed by atoms with Crippen molar-refractivity contribution in [3.05, 3.63) is 47.0 Å². The molecule has 1 rings (SSSR count). The third-order valence-corrected chi connectivity index (χ3v) is 2.36. The fraction of sp³-hybridized carbons (Fsp3) is 0.167. The van der Waals surface area contributed by atoms with Crippen molar-refractivity contribution in [3.8, 4) is 0 Å². The first-order valence-electron chi connectivity index (χ1n) is 4.69. The maximum Gasteiger partial charge on any atom is 0.336 e. The van der Waals surface area contributed by atoms with E-state index < -0.39 is 11.9 Å². The highest BCUT2D eigenvalue weighted by Gasteiger charge is 2.18. The van der Waals surface area contributed by atoms with Crippen molar-refractivity contribution >= 4 is 11.9 Å². The summed E-state index contributed by atoms with van der Waals surface area (Å²) < 4.78 is 0. The smallest absolute Gasteiger partial charge is 0.336 e.